The van der Waals surface area contributed by atoms with Crippen molar-refractivity contribution in [3.8, 4) is 0 Å². The molecule has 0 saturated heterocycles. The molecule has 0 fully saturated rings. The number of hydrogen-bond acceptors (Lipinski definition) is 3. The van der Waals surface area contributed by atoms with Gasteiger partial charge in [0.15, 0.2) is 0 Å². The molecular formula is C16H12F3NO2. The Kier molecular flexibility index (Phi) is 4.60. The van der Waals surface area contributed by atoms with Crippen LogP contribution in [0.15, 0.2) is 54.9 Å². The highest BCUT2D eigenvalue weighted by atomic mass is 19.4. The quantitative estimate of drug-likeness (QED) is 0.692. The fourth-order valence-electron chi connectivity index (χ4n) is 1.82. The summed E-state index contributed by atoms with van der Waals surface area (Å²) in [6, 6.07) is 9.99. The molecule has 0 aliphatic carbocycles. The molecule has 2 rings (SSSR count). The molecule has 0 aliphatic rings. The maximum Gasteiger partial charge on any atom is 0.454 e. The molecule has 1 aromatic carbocycles. The number of ketones is 1. The zero-order valence-electron chi connectivity index (χ0n) is 11.3. The molecule has 1 aromatic heterocycles. The van der Waals surface area contributed by atoms with E-state index in [4.69, 9.17) is 0 Å². The smallest absolute Gasteiger partial charge is 0.454 e. The van der Waals surface area contributed by atoms with Crippen LogP contribution in [-0.2, 0) is 11.2 Å². The van der Waals surface area contributed by atoms with Crippen molar-refractivity contribution >= 4 is 11.5 Å². The zero-order chi connectivity index (χ0) is 16.2. The van der Waals surface area contributed by atoms with Gasteiger partial charge in [-0.1, -0.05) is 24.3 Å². The summed E-state index contributed by atoms with van der Waals surface area (Å²) in [6.07, 6.45) is -0.843. The van der Waals surface area contributed by atoms with Crippen LogP contribution in [0.1, 0.15) is 16.7 Å². The number of hydrogen-bond donors (Lipinski definition) is 1. The zero-order valence-corrected chi connectivity index (χ0v) is 11.3. The van der Waals surface area contributed by atoms with E-state index in [1.54, 1.807) is 24.5 Å². The van der Waals surface area contributed by atoms with E-state index in [-0.39, 0.29) is 11.6 Å². The van der Waals surface area contributed by atoms with E-state index in [0.29, 0.717) is 6.42 Å². The van der Waals surface area contributed by atoms with Crippen LogP contribution in [-0.4, -0.2) is 22.1 Å². The summed E-state index contributed by atoms with van der Waals surface area (Å²) in [5, 5.41) is 9.57. The van der Waals surface area contributed by atoms with Crippen LogP contribution in [0.3, 0.4) is 0 Å². The number of aliphatic hydroxyl groups excluding tert-OH is 1. The predicted octanol–water partition coefficient (Wildman–Crippen LogP) is 3.70. The van der Waals surface area contributed by atoms with E-state index >= 15 is 0 Å². The lowest BCUT2D eigenvalue weighted by Crippen LogP contribution is -2.20. The number of aliphatic hydroxyl groups is 1. The van der Waals surface area contributed by atoms with E-state index in [1.807, 2.05) is 12.1 Å². The van der Waals surface area contributed by atoms with Crippen molar-refractivity contribution in [2.45, 2.75) is 12.6 Å². The first kappa shape index (κ1) is 15.8. The molecule has 0 unspecified atom stereocenters. The van der Waals surface area contributed by atoms with Gasteiger partial charge in [-0.3, -0.25) is 9.78 Å². The maximum atomic E-state index is 12.1. The van der Waals surface area contributed by atoms with Crippen LogP contribution < -0.4 is 0 Å². The monoisotopic (exact) mass is 307 g/mol. The van der Waals surface area contributed by atoms with Crippen LogP contribution in [0, 0.1) is 0 Å². The largest absolute Gasteiger partial charge is 0.507 e. The van der Waals surface area contributed by atoms with Crippen molar-refractivity contribution in [1.29, 1.82) is 0 Å². The summed E-state index contributed by atoms with van der Waals surface area (Å²) in [4.78, 5) is 14.7. The number of alkyl halides is 3. The number of pyridine rings is 1. The van der Waals surface area contributed by atoms with Crippen LogP contribution >= 0.6 is 0 Å². The van der Waals surface area contributed by atoms with Crippen molar-refractivity contribution in [3.63, 3.8) is 0 Å². The lowest BCUT2D eigenvalue weighted by Gasteiger charge is -2.05. The number of allylic oxidation sites excluding steroid dienone is 1. The van der Waals surface area contributed by atoms with E-state index in [1.165, 1.54) is 12.1 Å². The van der Waals surface area contributed by atoms with Crippen molar-refractivity contribution in [2.75, 3.05) is 0 Å². The average molecular weight is 307 g/mol. The maximum absolute atomic E-state index is 12.1. The summed E-state index contributed by atoms with van der Waals surface area (Å²) in [7, 11) is 0. The molecule has 0 amide bonds. The Morgan fingerprint density at radius 3 is 2.14 bits per heavy atom. The highest BCUT2D eigenvalue weighted by Crippen LogP contribution is 2.20. The number of nitrogens with zero attached hydrogens (tertiary/aromatic N) is 1. The number of aromatic nitrogens is 1. The van der Waals surface area contributed by atoms with Gasteiger partial charge < -0.3 is 5.11 Å². The van der Waals surface area contributed by atoms with Gasteiger partial charge in [-0.2, -0.15) is 13.2 Å². The second-order valence-corrected chi connectivity index (χ2v) is 4.62. The standard InChI is InChI=1S/C16H12F3NO2/c17-16(18,19)15(22)10-14(21)13-3-1-11(2-4-13)9-12-5-7-20-8-6-12/h1-8,10,21H,9H2/b14-10-. The Balaban J connectivity index is 2.12. The van der Waals surface area contributed by atoms with Gasteiger partial charge in [-0.25, -0.2) is 0 Å². The molecule has 0 atom stereocenters. The van der Waals surface area contributed by atoms with Gasteiger partial charge in [0.2, 0.25) is 0 Å². The summed E-state index contributed by atoms with van der Waals surface area (Å²) in [5.74, 6) is -2.80. The third-order valence-electron chi connectivity index (χ3n) is 2.95. The van der Waals surface area contributed by atoms with Crippen LogP contribution in [0.2, 0.25) is 0 Å². The van der Waals surface area contributed by atoms with Gasteiger partial charge >= 0.3 is 6.18 Å². The summed E-state index contributed by atoms with van der Waals surface area (Å²) >= 11 is 0. The van der Waals surface area contributed by atoms with Gasteiger partial charge in [-0.05, 0) is 29.7 Å². The van der Waals surface area contributed by atoms with Crippen molar-refractivity contribution < 1.29 is 23.1 Å². The van der Waals surface area contributed by atoms with Crippen LogP contribution in [0.4, 0.5) is 13.2 Å². The third-order valence-corrected chi connectivity index (χ3v) is 2.95. The van der Waals surface area contributed by atoms with E-state index in [9.17, 15) is 23.1 Å². The molecular weight excluding hydrogens is 295 g/mol. The van der Waals surface area contributed by atoms with E-state index < -0.39 is 17.7 Å². The molecule has 1 heterocycles. The molecule has 0 radical (unpaired) electrons. The Morgan fingerprint density at radius 2 is 1.59 bits per heavy atom. The van der Waals surface area contributed by atoms with E-state index in [0.717, 1.165) is 11.1 Å². The number of benzene rings is 1. The highest BCUT2D eigenvalue weighted by Gasteiger charge is 2.36. The first-order valence-electron chi connectivity index (χ1n) is 6.36. The SMILES string of the molecule is O=C(/C=C(\O)c1ccc(Cc2ccncc2)cc1)C(F)(F)F. The van der Waals surface area contributed by atoms with Crippen molar-refractivity contribution in [2.24, 2.45) is 0 Å². The molecule has 2 aromatic rings. The third kappa shape index (κ3) is 4.18. The topological polar surface area (TPSA) is 50.2 Å². The minimum Gasteiger partial charge on any atom is -0.507 e. The predicted molar refractivity (Wildman–Crippen MR) is 75.2 cm³/mol. The second kappa shape index (κ2) is 6.43. The first-order chi connectivity index (χ1) is 10.4. The lowest BCUT2D eigenvalue weighted by molar-refractivity contribution is -0.165. The van der Waals surface area contributed by atoms with Gasteiger partial charge in [0.05, 0.1) is 0 Å². The first-order valence-corrected chi connectivity index (χ1v) is 6.36. The summed E-state index contributed by atoms with van der Waals surface area (Å²) in [6.45, 7) is 0. The minimum absolute atomic E-state index is 0.149. The van der Waals surface area contributed by atoms with E-state index in [2.05, 4.69) is 4.98 Å². The lowest BCUT2D eigenvalue weighted by atomic mass is 10.0. The van der Waals surface area contributed by atoms with Gasteiger partial charge in [0, 0.05) is 24.0 Å². The summed E-state index contributed by atoms with van der Waals surface area (Å²) in [5.41, 5.74) is 2.11. The molecule has 0 saturated carbocycles. The Labute approximate surface area is 124 Å². The van der Waals surface area contributed by atoms with Crippen molar-refractivity contribution in [3.05, 3.63) is 71.6 Å². The summed E-state index contributed by atoms with van der Waals surface area (Å²) < 4.78 is 36.4. The molecule has 6 heteroatoms. The number of rotatable bonds is 4. The van der Waals surface area contributed by atoms with Crippen molar-refractivity contribution in [1.82, 2.24) is 4.98 Å². The molecule has 0 bridgehead atoms. The van der Waals surface area contributed by atoms with Gasteiger partial charge in [-0.15, -0.1) is 0 Å². The second-order valence-electron chi connectivity index (χ2n) is 4.62. The highest BCUT2D eigenvalue weighted by molar-refractivity contribution is 5.99. The molecule has 114 valence electrons. The van der Waals surface area contributed by atoms with Gasteiger partial charge in [0.25, 0.3) is 5.78 Å². The molecule has 1 N–H and O–H groups in total. The van der Waals surface area contributed by atoms with Crippen LogP contribution in [0.25, 0.3) is 5.76 Å². The molecule has 0 aliphatic heterocycles. The van der Waals surface area contributed by atoms with Gasteiger partial charge in [0.1, 0.15) is 5.76 Å². The van der Waals surface area contributed by atoms with Crippen LogP contribution in [0.5, 0.6) is 0 Å². The minimum atomic E-state index is -4.99. The molecule has 0 spiro atoms. The Hall–Kier alpha value is -2.63. The Bertz CT molecular complexity index is 677. The fraction of sp³-hybridized carbons (Fsp3) is 0.125. The molecule has 3 nitrogen and oxygen atoms in total. The molecule has 22 heavy (non-hydrogen) atoms. The number of halogens is 3. The fourth-order valence-corrected chi connectivity index (χ4v) is 1.82. The number of carbonyl (C=O) groups excluding carboxylic acids is 1. The average Bonchev–Trinajstić information content (AvgIpc) is 2.48. The normalized spacial score (nSPS) is 12.2. The Morgan fingerprint density at radius 1 is 1.05 bits per heavy atom. The number of carbonyl (C=O) groups is 1.